The number of H-pyrrole nitrogens is 1. The molecule has 0 atom stereocenters. The van der Waals surface area contributed by atoms with Crippen LogP contribution in [0.1, 0.15) is 37.7 Å². The smallest absolute Gasteiger partial charge is 0.236 e. The number of carbonyl (C=O) groups is 1. The number of hydrogen-bond acceptors (Lipinski definition) is 6. The van der Waals surface area contributed by atoms with Gasteiger partial charge >= 0.3 is 0 Å². The van der Waals surface area contributed by atoms with E-state index in [4.69, 9.17) is 10.5 Å². The summed E-state index contributed by atoms with van der Waals surface area (Å²) in [5, 5.41) is 10.9. The summed E-state index contributed by atoms with van der Waals surface area (Å²) >= 11 is 0. The van der Waals surface area contributed by atoms with Crippen molar-refractivity contribution in [3.8, 4) is 34.2 Å². The molecule has 204 valence electrons. The third-order valence-electron chi connectivity index (χ3n) is 8.11. The number of anilines is 1. The van der Waals surface area contributed by atoms with Gasteiger partial charge in [-0.15, -0.1) is 0 Å². The van der Waals surface area contributed by atoms with Gasteiger partial charge in [-0.05, 0) is 72.4 Å². The number of nitrogens with one attached hydrogen (secondary N) is 1. The van der Waals surface area contributed by atoms with Crippen LogP contribution in [0.3, 0.4) is 0 Å². The minimum absolute atomic E-state index is 0.0293. The number of nitriles is 1. The number of ether oxygens (including phenoxy) is 1. The number of likely N-dealkylation sites (tertiary alicyclic amines) is 1. The highest BCUT2D eigenvalue weighted by molar-refractivity contribution is 5.96. The van der Waals surface area contributed by atoms with Gasteiger partial charge in [0.2, 0.25) is 5.91 Å². The largest absolute Gasteiger partial charge is 0.489 e. The molecule has 4 aromatic rings. The second-order valence-corrected chi connectivity index (χ2v) is 10.6. The van der Waals surface area contributed by atoms with E-state index in [0.29, 0.717) is 37.2 Å². The highest BCUT2D eigenvalue weighted by Crippen LogP contribution is 2.34. The predicted molar refractivity (Wildman–Crippen MR) is 157 cm³/mol. The Hall–Kier alpha value is -4.35. The molecule has 3 N–H and O–H groups in total. The topological polar surface area (TPSA) is 111 Å². The van der Waals surface area contributed by atoms with Crippen molar-refractivity contribution in [3.05, 3.63) is 66.4 Å². The number of amides is 1. The highest BCUT2D eigenvalue weighted by Gasteiger charge is 2.24. The van der Waals surface area contributed by atoms with Crippen molar-refractivity contribution in [2.75, 3.05) is 37.6 Å². The van der Waals surface area contributed by atoms with Gasteiger partial charge in [-0.2, -0.15) is 5.26 Å². The molecule has 8 heteroatoms. The maximum atomic E-state index is 11.9. The maximum absolute atomic E-state index is 11.9. The molecule has 40 heavy (non-hydrogen) atoms. The fraction of sp³-hybridized carbons (Fsp3) is 0.344. The minimum atomic E-state index is -0.0408. The Kier molecular flexibility index (Phi) is 7.39. The molecular weight excluding hydrogens is 500 g/mol. The summed E-state index contributed by atoms with van der Waals surface area (Å²) in [6.45, 7) is 3.52. The monoisotopic (exact) mass is 534 g/mol. The quantitative estimate of drug-likeness (QED) is 0.357. The Morgan fingerprint density at radius 3 is 2.48 bits per heavy atom. The van der Waals surface area contributed by atoms with Gasteiger partial charge in [0.15, 0.2) is 0 Å². The van der Waals surface area contributed by atoms with Gasteiger partial charge in [-0.1, -0.05) is 18.2 Å². The van der Waals surface area contributed by atoms with Crippen LogP contribution in [0, 0.1) is 11.3 Å². The van der Waals surface area contributed by atoms with E-state index in [-0.39, 0.29) is 18.6 Å². The van der Waals surface area contributed by atoms with E-state index in [1.165, 1.54) is 24.9 Å². The molecule has 4 heterocycles. The Labute approximate surface area is 234 Å². The maximum Gasteiger partial charge on any atom is 0.236 e. The first-order chi connectivity index (χ1) is 19.6. The molecule has 2 aromatic carbocycles. The van der Waals surface area contributed by atoms with E-state index in [1.54, 1.807) is 11.1 Å². The van der Waals surface area contributed by atoms with Crippen LogP contribution in [-0.2, 0) is 4.79 Å². The summed E-state index contributed by atoms with van der Waals surface area (Å²) < 4.78 is 6.22. The molecule has 8 nitrogen and oxygen atoms in total. The summed E-state index contributed by atoms with van der Waals surface area (Å²) in [6, 6.07) is 21.0. The number of fused-ring (bicyclic) bond motifs is 1. The van der Waals surface area contributed by atoms with E-state index in [1.807, 2.05) is 24.3 Å². The van der Waals surface area contributed by atoms with Crippen molar-refractivity contribution in [2.24, 2.45) is 5.73 Å². The van der Waals surface area contributed by atoms with Gasteiger partial charge in [-0.25, -0.2) is 4.98 Å². The van der Waals surface area contributed by atoms with Crippen molar-refractivity contribution in [1.82, 2.24) is 14.9 Å². The van der Waals surface area contributed by atoms with Gasteiger partial charge in [0.25, 0.3) is 0 Å². The first-order valence-electron chi connectivity index (χ1n) is 14.1. The van der Waals surface area contributed by atoms with E-state index < -0.39 is 0 Å². The summed E-state index contributed by atoms with van der Waals surface area (Å²) in [4.78, 5) is 24.2. The molecule has 0 bridgehead atoms. The molecule has 0 radical (unpaired) electrons. The van der Waals surface area contributed by atoms with Gasteiger partial charge in [-0.3, -0.25) is 4.79 Å². The zero-order valence-corrected chi connectivity index (χ0v) is 22.6. The van der Waals surface area contributed by atoms with Crippen LogP contribution in [-0.4, -0.2) is 59.6 Å². The Morgan fingerprint density at radius 1 is 1.00 bits per heavy atom. The number of aromatic nitrogens is 2. The summed E-state index contributed by atoms with van der Waals surface area (Å²) in [6.07, 6.45) is 7.03. The normalized spacial score (nSPS) is 16.2. The zero-order valence-electron chi connectivity index (χ0n) is 22.6. The molecule has 2 aromatic heterocycles. The van der Waals surface area contributed by atoms with Crippen LogP contribution in [0.5, 0.6) is 5.75 Å². The molecule has 2 saturated heterocycles. The molecule has 1 amide bonds. The second kappa shape index (κ2) is 11.4. The van der Waals surface area contributed by atoms with Crippen LogP contribution in [0.2, 0.25) is 0 Å². The van der Waals surface area contributed by atoms with Crippen LogP contribution in [0.4, 0.5) is 5.69 Å². The SMILES string of the molecule is N#Cc1cc(-c2ccnc3[nH]c(-c4ccc(N5CCCCC5)cc4)cc23)ccc1OC1CCN(C(=O)CN)CC1. The van der Waals surface area contributed by atoms with Crippen LogP contribution >= 0.6 is 0 Å². The number of carbonyl (C=O) groups excluding carboxylic acids is 1. The number of nitrogens with two attached hydrogens (primary N) is 1. The Bertz CT molecular complexity index is 1540. The Balaban J connectivity index is 1.22. The minimum Gasteiger partial charge on any atom is -0.489 e. The first-order valence-corrected chi connectivity index (χ1v) is 14.1. The van der Waals surface area contributed by atoms with Crippen molar-refractivity contribution in [2.45, 2.75) is 38.2 Å². The second-order valence-electron chi connectivity index (χ2n) is 10.6. The van der Waals surface area contributed by atoms with Crippen LogP contribution in [0.15, 0.2) is 60.8 Å². The number of benzene rings is 2. The number of nitrogens with zero attached hydrogens (tertiary/aromatic N) is 4. The lowest BCUT2D eigenvalue weighted by molar-refractivity contribution is -0.131. The molecule has 2 fully saturated rings. The average Bonchev–Trinajstić information content (AvgIpc) is 3.46. The third-order valence-corrected chi connectivity index (χ3v) is 8.11. The standard InChI is InChI=1S/C32H34N6O2/c33-20-24-18-23(6-9-30(24)40-26-11-16-38(17-12-26)31(39)21-34)27-10-13-35-32-28(27)19-29(36-32)22-4-7-25(8-5-22)37-14-2-1-3-15-37/h4-10,13,18-19,26H,1-3,11-12,14-17,21,34H2,(H,35,36). The van der Waals surface area contributed by atoms with Crippen LogP contribution in [0.25, 0.3) is 33.4 Å². The summed E-state index contributed by atoms with van der Waals surface area (Å²) in [5.41, 5.74) is 12.1. The number of rotatable bonds is 6. The molecular formula is C32H34N6O2. The summed E-state index contributed by atoms with van der Waals surface area (Å²) in [7, 11) is 0. The average molecular weight is 535 g/mol. The fourth-order valence-corrected chi connectivity index (χ4v) is 5.86. The third kappa shape index (κ3) is 5.25. The molecule has 0 saturated carbocycles. The lowest BCUT2D eigenvalue weighted by Crippen LogP contribution is -2.44. The van der Waals surface area contributed by atoms with Gasteiger partial charge in [0, 0.05) is 62.0 Å². The van der Waals surface area contributed by atoms with E-state index >= 15 is 0 Å². The fourth-order valence-electron chi connectivity index (χ4n) is 5.86. The summed E-state index contributed by atoms with van der Waals surface area (Å²) in [5.74, 6) is 0.537. The highest BCUT2D eigenvalue weighted by atomic mass is 16.5. The number of hydrogen-bond donors (Lipinski definition) is 2. The molecule has 6 rings (SSSR count). The van der Waals surface area contributed by atoms with Gasteiger partial charge < -0.3 is 25.3 Å². The van der Waals surface area contributed by atoms with Crippen molar-refractivity contribution in [3.63, 3.8) is 0 Å². The number of pyridine rings is 1. The first kappa shape index (κ1) is 25.9. The molecule has 0 spiro atoms. The Morgan fingerprint density at radius 2 is 1.75 bits per heavy atom. The van der Waals surface area contributed by atoms with E-state index in [9.17, 15) is 10.1 Å². The van der Waals surface area contributed by atoms with Crippen molar-refractivity contribution in [1.29, 1.82) is 5.26 Å². The number of piperidine rings is 2. The lowest BCUT2D eigenvalue weighted by Gasteiger charge is -2.32. The molecule has 0 unspecified atom stereocenters. The van der Waals surface area contributed by atoms with E-state index in [2.05, 4.69) is 51.3 Å². The van der Waals surface area contributed by atoms with Crippen LogP contribution < -0.4 is 15.4 Å². The molecule has 2 aliphatic rings. The van der Waals surface area contributed by atoms with Crippen molar-refractivity contribution >= 4 is 22.6 Å². The zero-order chi connectivity index (χ0) is 27.5. The van der Waals surface area contributed by atoms with E-state index in [0.717, 1.165) is 46.5 Å². The molecule has 0 aliphatic carbocycles. The van der Waals surface area contributed by atoms with Gasteiger partial charge in [0.05, 0.1) is 12.1 Å². The lowest BCUT2D eigenvalue weighted by atomic mass is 10.0. The molecule has 2 aliphatic heterocycles. The number of aromatic amines is 1. The predicted octanol–water partition coefficient (Wildman–Crippen LogP) is 5.09. The van der Waals surface area contributed by atoms with Gasteiger partial charge in [0.1, 0.15) is 23.6 Å². The van der Waals surface area contributed by atoms with Crippen molar-refractivity contribution < 1.29 is 9.53 Å².